The summed E-state index contributed by atoms with van der Waals surface area (Å²) in [5.74, 6) is 1.55. The zero-order valence-corrected chi connectivity index (χ0v) is 16.0. The molecule has 0 spiro atoms. The maximum Gasteiger partial charge on any atom is 0.143 e. The van der Waals surface area contributed by atoms with Crippen LogP contribution < -0.4 is 5.32 Å². The third kappa shape index (κ3) is 3.33. The molecule has 1 saturated heterocycles. The number of fused-ring (bicyclic) bond motifs is 2. The number of aromatic nitrogens is 4. The fourth-order valence-electron chi connectivity index (χ4n) is 4.37. The smallest absolute Gasteiger partial charge is 0.143 e. The first-order chi connectivity index (χ1) is 13.8. The number of nitrogens with one attached hydrogen (secondary N) is 1. The minimum absolute atomic E-state index is 0.115. The van der Waals surface area contributed by atoms with E-state index in [1.54, 1.807) is 0 Å². The molecular weight excluding hydrogens is 350 g/mol. The van der Waals surface area contributed by atoms with E-state index in [1.807, 2.05) is 24.5 Å². The van der Waals surface area contributed by atoms with E-state index < -0.39 is 0 Å². The second-order valence-electron chi connectivity index (χ2n) is 7.92. The van der Waals surface area contributed by atoms with Gasteiger partial charge in [0.25, 0.3) is 0 Å². The second-order valence-corrected chi connectivity index (χ2v) is 7.92. The fourth-order valence-corrected chi connectivity index (χ4v) is 4.37. The molecule has 5 rings (SSSR count). The molecule has 0 aliphatic carbocycles. The Hall–Kier alpha value is -2.60. The van der Waals surface area contributed by atoms with Gasteiger partial charge < -0.3 is 9.88 Å². The third-order valence-corrected chi connectivity index (χ3v) is 5.97. The first-order valence-electron chi connectivity index (χ1n) is 10.3. The van der Waals surface area contributed by atoms with Gasteiger partial charge in [-0.05, 0) is 50.4 Å². The summed E-state index contributed by atoms with van der Waals surface area (Å²) in [6, 6.07) is 6.08. The quantitative estimate of drug-likeness (QED) is 0.759. The molecule has 1 atom stereocenters. The van der Waals surface area contributed by atoms with Gasteiger partial charge in [-0.2, -0.15) is 0 Å². The average molecular weight is 375 g/mol. The highest BCUT2D eigenvalue weighted by atomic mass is 16.1. The van der Waals surface area contributed by atoms with Crippen LogP contribution in [-0.2, 0) is 24.2 Å². The van der Waals surface area contributed by atoms with Crippen LogP contribution in [0.1, 0.15) is 37.2 Å². The molecule has 6 heteroatoms. The van der Waals surface area contributed by atoms with Crippen molar-refractivity contribution in [1.82, 2.24) is 24.8 Å². The van der Waals surface area contributed by atoms with Gasteiger partial charge in [0.15, 0.2) is 0 Å². The van der Waals surface area contributed by atoms with Crippen molar-refractivity contribution in [1.29, 1.82) is 0 Å². The average Bonchev–Trinajstić information content (AvgIpc) is 3.18. The predicted octanol–water partition coefficient (Wildman–Crippen LogP) is 2.94. The van der Waals surface area contributed by atoms with Gasteiger partial charge in [0.1, 0.15) is 11.6 Å². The summed E-state index contributed by atoms with van der Waals surface area (Å²) in [5, 5.41) is 4.32. The van der Waals surface area contributed by atoms with E-state index in [1.165, 1.54) is 12.8 Å². The lowest BCUT2D eigenvalue weighted by Crippen LogP contribution is -2.35. The summed E-state index contributed by atoms with van der Waals surface area (Å²) < 4.78 is 2.29. The fraction of sp³-hybridized carbons (Fsp3) is 0.455. The van der Waals surface area contributed by atoms with Crippen molar-refractivity contribution in [3.8, 4) is 11.4 Å². The highest BCUT2D eigenvalue weighted by Gasteiger charge is 2.21. The third-order valence-electron chi connectivity index (χ3n) is 5.97. The molecule has 0 bridgehead atoms. The number of rotatable bonds is 4. The summed E-state index contributed by atoms with van der Waals surface area (Å²) in [7, 11) is 0. The first-order valence-corrected chi connectivity index (χ1v) is 10.3. The Labute approximate surface area is 164 Å². The number of aryl methyl sites for hydroxylation is 1. The molecule has 0 aromatic carbocycles. The number of imidazole rings is 1. The van der Waals surface area contributed by atoms with Gasteiger partial charge in [0, 0.05) is 49.1 Å². The Kier molecular flexibility index (Phi) is 4.64. The Morgan fingerprint density at radius 2 is 2.14 bits per heavy atom. The number of piperidine rings is 1. The second kappa shape index (κ2) is 7.43. The maximum absolute atomic E-state index is 12.6. The predicted molar refractivity (Wildman–Crippen MR) is 108 cm³/mol. The van der Waals surface area contributed by atoms with E-state index in [0.717, 1.165) is 72.7 Å². The Morgan fingerprint density at radius 3 is 3.04 bits per heavy atom. The molecule has 1 N–H and O–H groups in total. The van der Waals surface area contributed by atoms with Crippen molar-refractivity contribution in [2.24, 2.45) is 5.92 Å². The van der Waals surface area contributed by atoms with Gasteiger partial charge in [0.05, 0.1) is 23.1 Å². The van der Waals surface area contributed by atoms with E-state index >= 15 is 0 Å². The van der Waals surface area contributed by atoms with E-state index in [4.69, 9.17) is 4.98 Å². The number of ketones is 1. The summed E-state index contributed by atoms with van der Waals surface area (Å²) in [6.45, 7) is 2.82. The molecule has 0 unspecified atom stereocenters. The molecule has 3 aromatic heterocycles. The standard InChI is InChI=1S/C22H25N5O/c28-21(16-4-3-8-23-12-16)11-17-10-19-15(13-24-17)6-7-18(26-19)20-14-25-22-5-1-2-9-27(20)22/h6-7,10,13-14,16,23H,1-5,8-9,11-12H2/t16-/m1/s1. The van der Waals surface area contributed by atoms with Crippen molar-refractivity contribution in [3.05, 3.63) is 42.1 Å². The molecule has 2 aliphatic heterocycles. The molecule has 0 amide bonds. The maximum atomic E-state index is 12.6. The van der Waals surface area contributed by atoms with Gasteiger partial charge in [-0.15, -0.1) is 0 Å². The summed E-state index contributed by atoms with van der Waals surface area (Å²) in [6.07, 6.45) is 9.65. The number of nitrogens with zero attached hydrogens (tertiary/aromatic N) is 4. The number of Topliss-reactive ketones (excluding diaryl/α,β-unsaturated/α-hetero) is 1. The van der Waals surface area contributed by atoms with Crippen molar-refractivity contribution < 1.29 is 4.79 Å². The number of pyridine rings is 2. The lowest BCUT2D eigenvalue weighted by atomic mass is 9.92. The topological polar surface area (TPSA) is 72.7 Å². The monoisotopic (exact) mass is 375 g/mol. The van der Waals surface area contributed by atoms with Gasteiger partial charge in [-0.3, -0.25) is 9.78 Å². The largest absolute Gasteiger partial charge is 0.327 e. The first kappa shape index (κ1) is 17.5. The van der Waals surface area contributed by atoms with Gasteiger partial charge in [-0.25, -0.2) is 9.97 Å². The Morgan fingerprint density at radius 1 is 1.18 bits per heavy atom. The minimum Gasteiger partial charge on any atom is -0.327 e. The number of hydrogen-bond acceptors (Lipinski definition) is 5. The van der Waals surface area contributed by atoms with Gasteiger partial charge in [0.2, 0.25) is 0 Å². The molecule has 1 fully saturated rings. The van der Waals surface area contributed by atoms with E-state index in [9.17, 15) is 4.79 Å². The van der Waals surface area contributed by atoms with Crippen molar-refractivity contribution in [3.63, 3.8) is 0 Å². The van der Waals surface area contributed by atoms with E-state index in [-0.39, 0.29) is 11.7 Å². The van der Waals surface area contributed by atoms with Crippen molar-refractivity contribution in [2.45, 2.75) is 45.1 Å². The minimum atomic E-state index is 0.115. The van der Waals surface area contributed by atoms with E-state index in [0.29, 0.717) is 6.42 Å². The van der Waals surface area contributed by atoms with Crippen molar-refractivity contribution in [2.75, 3.05) is 13.1 Å². The van der Waals surface area contributed by atoms with Crippen LogP contribution in [0.4, 0.5) is 0 Å². The van der Waals surface area contributed by atoms with Gasteiger partial charge >= 0.3 is 0 Å². The molecule has 5 heterocycles. The zero-order chi connectivity index (χ0) is 18.9. The zero-order valence-electron chi connectivity index (χ0n) is 16.0. The Bertz CT molecular complexity index is 1020. The molecule has 6 nitrogen and oxygen atoms in total. The van der Waals surface area contributed by atoms with Crippen LogP contribution in [0.2, 0.25) is 0 Å². The highest BCUT2D eigenvalue weighted by Crippen LogP contribution is 2.26. The van der Waals surface area contributed by atoms with Crippen LogP contribution in [0.3, 0.4) is 0 Å². The number of hydrogen-bond donors (Lipinski definition) is 1. The molecule has 28 heavy (non-hydrogen) atoms. The molecule has 0 saturated carbocycles. The molecule has 0 radical (unpaired) electrons. The molecule has 2 aliphatic rings. The van der Waals surface area contributed by atoms with Crippen LogP contribution in [0.15, 0.2) is 30.6 Å². The number of carbonyl (C=O) groups excluding carboxylic acids is 1. The van der Waals surface area contributed by atoms with Crippen LogP contribution in [0, 0.1) is 5.92 Å². The van der Waals surface area contributed by atoms with Crippen LogP contribution >= 0.6 is 0 Å². The van der Waals surface area contributed by atoms with Crippen LogP contribution in [0.25, 0.3) is 22.3 Å². The molecular formula is C22H25N5O. The summed E-state index contributed by atoms with van der Waals surface area (Å²) >= 11 is 0. The van der Waals surface area contributed by atoms with Crippen molar-refractivity contribution >= 4 is 16.7 Å². The highest BCUT2D eigenvalue weighted by molar-refractivity contribution is 5.85. The number of carbonyl (C=O) groups is 1. The van der Waals surface area contributed by atoms with E-state index in [2.05, 4.69) is 25.9 Å². The summed E-state index contributed by atoms with van der Waals surface area (Å²) in [5.41, 5.74) is 3.72. The van der Waals surface area contributed by atoms with Crippen LogP contribution in [-0.4, -0.2) is 38.4 Å². The van der Waals surface area contributed by atoms with Gasteiger partial charge in [-0.1, -0.05) is 0 Å². The Balaban J connectivity index is 1.43. The SMILES string of the molecule is O=C(Cc1cc2nc(-c3cnc4n3CCCC4)ccc2cn1)[C@@H]1CCCNC1. The van der Waals surface area contributed by atoms with Crippen LogP contribution in [0.5, 0.6) is 0 Å². The lowest BCUT2D eigenvalue weighted by Gasteiger charge is -2.21. The summed E-state index contributed by atoms with van der Waals surface area (Å²) in [4.78, 5) is 26.6. The molecule has 3 aromatic rings. The molecule has 144 valence electrons. The normalized spacial score (nSPS) is 19.5. The lowest BCUT2D eigenvalue weighted by molar-refractivity contribution is -0.122.